The third-order valence-corrected chi connectivity index (χ3v) is 5.50. The number of rotatable bonds is 8. The molecule has 0 aliphatic carbocycles. The Labute approximate surface area is 166 Å². The van der Waals surface area contributed by atoms with E-state index in [0.717, 1.165) is 16.9 Å². The van der Waals surface area contributed by atoms with Crippen molar-refractivity contribution < 1.29 is 9.53 Å². The summed E-state index contributed by atoms with van der Waals surface area (Å²) in [6.45, 7) is 3.14. The lowest BCUT2D eigenvalue weighted by Crippen LogP contribution is -2.27. The summed E-state index contributed by atoms with van der Waals surface area (Å²) in [5.41, 5.74) is 1.96. The molecule has 7 nitrogen and oxygen atoms in total. The summed E-state index contributed by atoms with van der Waals surface area (Å²) in [6.07, 6.45) is 0. The van der Waals surface area contributed by atoms with Crippen molar-refractivity contribution in [3.8, 4) is 17.1 Å². The van der Waals surface area contributed by atoms with Crippen molar-refractivity contribution in [3.05, 3.63) is 46.7 Å². The molecular weight excluding hydrogens is 382 g/mol. The number of ether oxygens (including phenoxy) is 1. The molecule has 0 saturated heterocycles. The number of carbonyl (C=O) groups excluding carboxylic acids is 1. The van der Waals surface area contributed by atoms with Crippen LogP contribution in [0.15, 0.2) is 46.2 Å². The Balaban J connectivity index is 1.60. The lowest BCUT2D eigenvalue weighted by Gasteiger charge is -2.15. The van der Waals surface area contributed by atoms with Crippen LogP contribution >= 0.6 is 23.1 Å². The van der Waals surface area contributed by atoms with Gasteiger partial charge in [0.25, 0.3) is 0 Å². The standard InChI is InChI=1S/C18H21N5O2S2/c1-3-25-15-6-4-14(5-7-15)17-20-21-18(23(17)19)27-12-16(24)22(2)10-13-8-9-26-11-13/h4-9,11H,3,10,12,19H2,1-2H3. The lowest BCUT2D eigenvalue weighted by atomic mass is 10.2. The van der Waals surface area contributed by atoms with Crippen molar-refractivity contribution in [2.24, 2.45) is 0 Å². The van der Waals surface area contributed by atoms with Gasteiger partial charge in [-0.1, -0.05) is 11.8 Å². The van der Waals surface area contributed by atoms with Gasteiger partial charge in [-0.05, 0) is 53.6 Å². The summed E-state index contributed by atoms with van der Waals surface area (Å²) < 4.78 is 6.85. The molecule has 1 aromatic carbocycles. The fraction of sp³-hybridized carbons (Fsp3) is 0.278. The first-order valence-electron chi connectivity index (χ1n) is 8.40. The first-order valence-corrected chi connectivity index (χ1v) is 10.3. The van der Waals surface area contributed by atoms with E-state index in [1.807, 2.05) is 48.0 Å². The number of amides is 1. The molecule has 0 spiro atoms. The second-order valence-corrected chi connectivity index (χ2v) is 7.53. The molecule has 9 heteroatoms. The first-order chi connectivity index (χ1) is 13.1. The van der Waals surface area contributed by atoms with Crippen molar-refractivity contribution in [1.82, 2.24) is 19.8 Å². The van der Waals surface area contributed by atoms with E-state index in [9.17, 15) is 4.79 Å². The Morgan fingerprint density at radius 2 is 2.07 bits per heavy atom. The van der Waals surface area contributed by atoms with Crippen LogP contribution in [-0.4, -0.2) is 45.1 Å². The van der Waals surface area contributed by atoms with E-state index < -0.39 is 0 Å². The molecule has 3 rings (SSSR count). The molecule has 0 radical (unpaired) electrons. The van der Waals surface area contributed by atoms with Crippen LogP contribution in [-0.2, 0) is 11.3 Å². The number of carbonyl (C=O) groups is 1. The number of nitrogen functional groups attached to an aromatic ring is 1. The monoisotopic (exact) mass is 403 g/mol. The number of benzene rings is 1. The Morgan fingerprint density at radius 1 is 1.30 bits per heavy atom. The summed E-state index contributed by atoms with van der Waals surface area (Å²) in [4.78, 5) is 14.0. The summed E-state index contributed by atoms with van der Waals surface area (Å²) in [5, 5.41) is 12.8. The highest BCUT2D eigenvalue weighted by Gasteiger charge is 2.16. The molecule has 0 aliphatic heterocycles. The van der Waals surface area contributed by atoms with Gasteiger partial charge in [-0.3, -0.25) is 4.79 Å². The highest BCUT2D eigenvalue weighted by atomic mass is 32.2. The van der Waals surface area contributed by atoms with Crippen LogP contribution < -0.4 is 10.6 Å². The normalized spacial score (nSPS) is 10.7. The maximum Gasteiger partial charge on any atom is 0.233 e. The largest absolute Gasteiger partial charge is 0.494 e. The number of thioether (sulfide) groups is 1. The highest BCUT2D eigenvalue weighted by molar-refractivity contribution is 7.99. The average molecular weight is 404 g/mol. The Bertz CT molecular complexity index is 878. The quantitative estimate of drug-likeness (QED) is 0.460. The van der Waals surface area contributed by atoms with Gasteiger partial charge in [0.1, 0.15) is 5.75 Å². The third kappa shape index (κ3) is 4.81. The summed E-state index contributed by atoms with van der Waals surface area (Å²) in [6, 6.07) is 9.51. The molecular formula is C18H21N5O2S2. The van der Waals surface area contributed by atoms with Crippen molar-refractivity contribution in [3.63, 3.8) is 0 Å². The van der Waals surface area contributed by atoms with Gasteiger partial charge in [0.05, 0.1) is 12.4 Å². The molecule has 2 aromatic heterocycles. The molecule has 0 atom stereocenters. The molecule has 0 saturated carbocycles. The lowest BCUT2D eigenvalue weighted by molar-refractivity contribution is -0.127. The van der Waals surface area contributed by atoms with Gasteiger partial charge in [-0.2, -0.15) is 11.3 Å². The summed E-state index contributed by atoms with van der Waals surface area (Å²) in [7, 11) is 1.79. The molecule has 0 unspecified atom stereocenters. The van der Waals surface area contributed by atoms with Gasteiger partial charge in [0.2, 0.25) is 11.1 Å². The summed E-state index contributed by atoms with van der Waals surface area (Å²) in [5.74, 6) is 7.71. The van der Waals surface area contributed by atoms with Crippen molar-refractivity contribution in [1.29, 1.82) is 0 Å². The van der Waals surface area contributed by atoms with E-state index in [0.29, 0.717) is 24.1 Å². The van der Waals surface area contributed by atoms with Crippen molar-refractivity contribution >= 4 is 29.0 Å². The van der Waals surface area contributed by atoms with Gasteiger partial charge in [-0.25, -0.2) is 4.68 Å². The van der Waals surface area contributed by atoms with Crippen molar-refractivity contribution in [2.75, 3.05) is 25.3 Å². The van der Waals surface area contributed by atoms with Crippen LogP contribution in [0.1, 0.15) is 12.5 Å². The molecule has 3 aromatic rings. The fourth-order valence-electron chi connectivity index (χ4n) is 2.42. The molecule has 0 bridgehead atoms. The van der Waals surface area contributed by atoms with Gasteiger partial charge in [0, 0.05) is 19.2 Å². The third-order valence-electron chi connectivity index (χ3n) is 3.84. The first kappa shape index (κ1) is 19.2. The van der Waals surface area contributed by atoms with Gasteiger partial charge >= 0.3 is 0 Å². The van der Waals surface area contributed by atoms with Gasteiger partial charge in [-0.15, -0.1) is 10.2 Å². The van der Waals surface area contributed by atoms with Crippen LogP contribution in [0.5, 0.6) is 5.75 Å². The predicted octanol–water partition coefficient (Wildman–Crippen LogP) is 2.87. The number of aromatic nitrogens is 3. The van der Waals surface area contributed by atoms with Gasteiger partial charge < -0.3 is 15.5 Å². The van der Waals surface area contributed by atoms with Crippen LogP contribution in [0.2, 0.25) is 0 Å². The predicted molar refractivity (Wildman–Crippen MR) is 108 cm³/mol. The molecule has 2 heterocycles. The maximum absolute atomic E-state index is 12.3. The minimum Gasteiger partial charge on any atom is -0.494 e. The van der Waals surface area contributed by atoms with E-state index in [1.54, 1.807) is 23.3 Å². The highest BCUT2D eigenvalue weighted by Crippen LogP contribution is 2.24. The molecule has 142 valence electrons. The molecule has 27 heavy (non-hydrogen) atoms. The number of hydrogen-bond donors (Lipinski definition) is 1. The Hall–Kier alpha value is -2.52. The SMILES string of the molecule is CCOc1ccc(-c2nnc(SCC(=O)N(C)Cc3ccsc3)n2N)cc1. The minimum atomic E-state index is 0.0109. The number of hydrogen-bond acceptors (Lipinski definition) is 7. The second kappa shape index (κ2) is 8.92. The zero-order valence-corrected chi connectivity index (χ0v) is 16.8. The van der Waals surface area contributed by atoms with E-state index >= 15 is 0 Å². The fourth-order valence-corrected chi connectivity index (χ4v) is 3.88. The van der Waals surface area contributed by atoms with Crippen LogP contribution in [0.3, 0.4) is 0 Å². The van der Waals surface area contributed by atoms with Crippen LogP contribution in [0, 0.1) is 0 Å². The van der Waals surface area contributed by atoms with Gasteiger partial charge in [0.15, 0.2) is 5.82 Å². The number of nitrogens with zero attached hydrogens (tertiary/aromatic N) is 4. The maximum atomic E-state index is 12.3. The number of nitrogens with two attached hydrogens (primary N) is 1. The van der Waals surface area contributed by atoms with Crippen LogP contribution in [0.4, 0.5) is 0 Å². The van der Waals surface area contributed by atoms with E-state index in [-0.39, 0.29) is 11.7 Å². The zero-order valence-electron chi connectivity index (χ0n) is 15.2. The zero-order chi connectivity index (χ0) is 19.2. The molecule has 1 amide bonds. The van der Waals surface area contributed by atoms with E-state index in [1.165, 1.54) is 16.4 Å². The van der Waals surface area contributed by atoms with Crippen LogP contribution in [0.25, 0.3) is 11.4 Å². The molecule has 2 N–H and O–H groups in total. The Kier molecular flexibility index (Phi) is 6.36. The minimum absolute atomic E-state index is 0.0109. The molecule has 0 aliphatic rings. The van der Waals surface area contributed by atoms with Crippen molar-refractivity contribution in [2.45, 2.75) is 18.6 Å². The number of thiophene rings is 1. The summed E-state index contributed by atoms with van der Waals surface area (Å²) >= 11 is 2.89. The van der Waals surface area contributed by atoms with E-state index in [4.69, 9.17) is 10.6 Å². The molecule has 0 fully saturated rings. The smallest absolute Gasteiger partial charge is 0.233 e. The second-order valence-electron chi connectivity index (χ2n) is 5.80. The topological polar surface area (TPSA) is 86.3 Å². The average Bonchev–Trinajstić information content (AvgIpc) is 3.30. The van der Waals surface area contributed by atoms with E-state index in [2.05, 4.69) is 10.2 Å². The Morgan fingerprint density at radius 3 is 2.74 bits per heavy atom.